The highest BCUT2D eigenvalue weighted by atomic mass is 35.5. The Balaban J connectivity index is 1.47. The van der Waals surface area contributed by atoms with Crippen molar-refractivity contribution in [2.45, 2.75) is 46.6 Å². The maximum Gasteiger partial charge on any atom is 0.308 e. The largest absolute Gasteiger partial charge is 0.489 e. The Hall–Kier alpha value is -3.56. The van der Waals surface area contributed by atoms with Crippen LogP contribution in [0.5, 0.6) is 17.2 Å². The Morgan fingerprint density at radius 2 is 1.59 bits per heavy atom. The van der Waals surface area contributed by atoms with E-state index >= 15 is 0 Å². The van der Waals surface area contributed by atoms with E-state index in [0.29, 0.717) is 34.1 Å². The Bertz CT molecular complexity index is 1530. The van der Waals surface area contributed by atoms with E-state index in [2.05, 4.69) is 4.72 Å². The van der Waals surface area contributed by atoms with Crippen LogP contribution in [0.1, 0.15) is 47.3 Å². The average molecular weight is 572 g/mol. The van der Waals surface area contributed by atoms with Gasteiger partial charge in [-0.05, 0) is 74.2 Å². The van der Waals surface area contributed by atoms with Gasteiger partial charge < -0.3 is 14.2 Å². The SMILES string of the molecule is CC(=O)Oc1c(C)c(C)c2c(c1C)C(=O)CC(C)(COc1ccc(-c3ccc(NS(=O)(=O)CCl)cc3)cc1)O2. The lowest BCUT2D eigenvalue weighted by molar-refractivity contribution is -0.132. The number of rotatable bonds is 8. The molecule has 1 atom stereocenters. The van der Waals surface area contributed by atoms with E-state index in [4.69, 9.17) is 25.8 Å². The second-order valence-electron chi connectivity index (χ2n) is 9.87. The number of hydrogen-bond donors (Lipinski definition) is 1. The summed E-state index contributed by atoms with van der Waals surface area (Å²) in [5.41, 5.74) is 3.89. The third kappa shape index (κ3) is 6.20. The Kier molecular flexibility index (Phi) is 7.95. The van der Waals surface area contributed by atoms with Gasteiger partial charge in [-0.15, -0.1) is 11.6 Å². The molecule has 0 radical (unpaired) electrons. The van der Waals surface area contributed by atoms with Crippen LogP contribution in [0.15, 0.2) is 48.5 Å². The molecule has 4 rings (SSSR count). The molecule has 0 aliphatic carbocycles. The molecule has 0 saturated heterocycles. The maximum atomic E-state index is 13.2. The van der Waals surface area contributed by atoms with Crippen LogP contribution in [-0.4, -0.2) is 37.6 Å². The number of ether oxygens (including phenoxy) is 3. The number of benzene rings is 3. The van der Waals surface area contributed by atoms with Gasteiger partial charge in [-0.2, -0.15) is 0 Å². The smallest absolute Gasteiger partial charge is 0.308 e. The molecule has 0 fully saturated rings. The summed E-state index contributed by atoms with van der Waals surface area (Å²) in [7, 11) is -3.56. The van der Waals surface area contributed by atoms with Crippen molar-refractivity contribution in [1.29, 1.82) is 0 Å². The van der Waals surface area contributed by atoms with Crippen molar-refractivity contribution >= 4 is 39.1 Å². The fraction of sp³-hybridized carbons (Fsp3) is 0.310. The Morgan fingerprint density at radius 1 is 1.00 bits per heavy atom. The van der Waals surface area contributed by atoms with Crippen LogP contribution in [0.3, 0.4) is 0 Å². The molecule has 1 aliphatic heterocycles. The van der Waals surface area contributed by atoms with Crippen LogP contribution in [0.25, 0.3) is 11.1 Å². The normalized spacial score (nSPS) is 16.7. The van der Waals surface area contributed by atoms with E-state index in [1.165, 1.54) is 6.92 Å². The first-order chi connectivity index (χ1) is 18.3. The number of esters is 1. The van der Waals surface area contributed by atoms with E-state index in [1.54, 1.807) is 31.2 Å². The number of carbonyl (C=O) groups excluding carboxylic acids is 2. The molecule has 0 spiro atoms. The van der Waals surface area contributed by atoms with Gasteiger partial charge in [0.2, 0.25) is 10.0 Å². The molecule has 0 aromatic heterocycles. The minimum Gasteiger partial charge on any atom is -0.489 e. The number of carbonyl (C=O) groups is 2. The van der Waals surface area contributed by atoms with E-state index in [0.717, 1.165) is 22.3 Å². The molecular formula is C29H30ClNO7S. The van der Waals surface area contributed by atoms with Crippen molar-refractivity contribution in [2.75, 3.05) is 16.5 Å². The van der Waals surface area contributed by atoms with Crippen LogP contribution in [0, 0.1) is 20.8 Å². The number of Topliss-reactive ketones (excluding diaryl/α,β-unsaturated/α-hetero) is 1. The maximum absolute atomic E-state index is 13.2. The van der Waals surface area contributed by atoms with Gasteiger partial charge in [-0.25, -0.2) is 8.42 Å². The van der Waals surface area contributed by atoms with Crippen molar-refractivity contribution < 1.29 is 32.2 Å². The molecule has 206 valence electrons. The first-order valence-corrected chi connectivity index (χ1v) is 14.5. The van der Waals surface area contributed by atoms with Gasteiger partial charge >= 0.3 is 5.97 Å². The third-order valence-electron chi connectivity index (χ3n) is 6.63. The second-order valence-corrected chi connectivity index (χ2v) is 12.2. The molecule has 0 amide bonds. The average Bonchev–Trinajstić information content (AvgIpc) is 2.89. The van der Waals surface area contributed by atoms with Gasteiger partial charge in [-0.1, -0.05) is 24.3 Å². The van der Waals surface area contributed by atoms with E-state index in [-0.39, 0.29) is 18.8 Å². The Labute approximate surface area is 233 Å². The summed E-state index contributed by atoms with van der Waals surface area (Å²) < 4.78 is 43.5. The predicted molar refractivity (Wildman–Crippen MR) is 151 cm³/mol. The zero-order valence-corrected chi connectivity index (χ0v) is 24.0. The zero-order chi connectivity index (χ0) is 28.5. The minimum atomic E-state index is -3.56. The van der Waals surface area contributed by atoms with Gasteiger partial charge in [0.1, 0.15) is 34.7 Å². The fourth-order valence-corrected chi connectivity index (χ4v) is 5.27. The first-order valence-electron chi connectivity index (χ1n) is 12.3. The molecule has 1 N–H and O–H groups in total. The zero-order valence-electron chi connectivity index (χ0n) is 22.4. The highest BCUT2D eigenvalue weighted by Gasteiger charge is 2.40. The molecule has 3 aromatic rings. The minimum absolute atomic E-state index is 0.0940. The number of sulfonamides is 1. The van der Waals surface area contributed by atoms with Crippen molar-refractivity contribution in [3.63, 3.8) is 0 Å². The van der Waals surface area contributed by atoms with Gasteiger partial charge in [0, 0.05) is 18.2 Å². The van der Waals surface area contributed by atoms with Gasteiger partial charge in [0.25, 0.3) is 0 Å². The fourth-order valence-electron chi connectivity index (χ4n) is 4.56. The van der Waals surface area contributed by atoms with Crippen molar-refractivity contribution in [3.05, 3.63) is 70.8 Å². The summed E-state index contributed by atoms with van der Waals surface area (Å²) in [5.74, 6) is 0.976. The monoisotopic (exact) mass is 571 g/mol. The van der Waals surface area contributed by atoms with Crippen molar-refractivity contribution in [2.24, 2.45) is 0 Å². The van der Waals surface area contributed by atoms with E-state index in [9.17, 15) is 18.0 Å². The summed E-state index contributed by atoms with van der Waals surface area (Å²) in [4.78, 5) is 24.8. The summed E-state index contributed by atoms with van der Waals surface area (Å²) in [6.07, 6.45) is 0.112. The van der Waals surface area contributed by atoms with Gasteiger partial charge in [0.05, 0.1) is 12.0 Å². The van der Waals surface area contributed by atoms with Gasteiger partial charge in [0.15, 0.2) is 5.78 Å². The van der Waals surface area contributed by atoms with Crippen LogP contribution in [0.4, 0.5) is 5.69 Å². The molecule has 39 heavy (non-hydrogen) atoms. The lowest BCUT2D eigenvalue weighted by Crippen LogP contribution is -2.45. The summed E-state index contributed by atoms with van der Waals surface area (Å²) in [6.45, 7) is 8.77. The number of fused-ring (bicyclic) bond motifs is 1. The lowest BCUT2D eigenvalue weighted by Gasteiger charge is -2.36. The van der Waals surface area contributed by atoms with Crippen LogP contribution in [0.2, 0.25) is 0 Å². The number of nitrogens with one attached hydrogen (secondary N) is 1. The Morgan fingerprint density at radius 3 is 2.15 bits per heavy atom. The molecular weight excluding hydrogens is 542 g/mol. The van der Waals surface area contributed by atoms with Crippen LogP contribution in [-0.2, 0) is 14.8 Å². The standard InChI is InChI=1S/C29H30ClNO7S/c1-17-18(2)28-26(19(3)27(17)37-20(4)32)25(33)14-29(5,38-28)15-36-24-12-8-22(9-13-24)21-6-10-23(11-7-21)31-39(34,35)16-30/h6-13,31H,14-16H2,1-5H3. The topological polar surface area (TPSA) is 108 Å². The molecule has 10 heteroatoms. The number of halogens is 1. The molecule has 1 unspecified atom stereocenters. The summed E-state index contributed by atoms with van der Waals surface area (Å²) in [5, 5.41) is -0.517. The van der Waals surface area contributed by atoms with E-state index < -0.39 is 26.8 Å². The lowest BCUT2D eigenvalue weighted by atomic mass is 9.86. The van der Waals surface area contributed by atoms with Crippen LogP contribution < -0.4 is 18.9 Å². The number of ketones is 1. The molecule has 1 heterocycles. The summed E-state index contributed by atoms with van der Waals surface area (Å²) >= 11 is 5.44. The molecule has 0 bridgehead atoms. The highest BCUT2D eigenvalue weighted by Crippen LogP contribution is 2.44. The predicted octanol–water partition coefficient (Wildman–Crippen LogP) is 5.95. The quantitative estimate of drug-likeness (QED) is 0.202. The molecule has 3 aromatic carbocycles. The first kappa shape index (κ1) is 28.4. The molecule has 0 saturated carbocycles. The van der Waals surface area contributed by atoms with Crippen molar-refractivity contribution in [1.82, 2.24) is 0 Å². The second kappa shape index (κ2) is 10.9. The number of alkyl halides is 1. The van der Waals surface area contributed by atoms with Crippen LogP contribution >= 0.6 is 11.6 Å². The highest BCUT2D eigenvalue weighted by molar-refractivity contribution is 7.93. The number of hydrogen-bond acceptors (Lipinski definition) is 7. The molecule has 8 nitrogen and oxygen atoms in total. The third-order valence-corrected chi connectivity index (χ3v) is 8.32. The van der Waals surface area contributed by atoms with Gasteiger partial charge in [-0.3, -0.25) is 14.3 Å². The van der Waals surface area contributed by atoms with E-state index in [1.807, 2.05) is 45.0 Å². The number of anilines is 1. The van der Waals surface area contributed by atoms with Crippen molar-refractivity contribution in [3.8, 4) is 28.4 Å². The summed E-state index contributed by atoms with van der Waals surface area (Å²) in [6, 6.07) is 14.4. The molecule has 1 aliphatic rings.